The maximum Gasteiger partial charge on any atom is 0.336 e. The third-order valence-corrected chi connectivity index (χ3v) is 2.95. The van der Waals surface area contributed by atoms with E-state index in [1.54, 1.807) is 0 Å². The fraction of sp³-hybridized carbons (Fsp3) is 0. The van der Waals surface area contributed by atoms with Crippen molar-refractivity contribution in [2.45, 2.75) is 0 Å². The Morgan fingerprint density at radius 2 is 1.14 bits per heavy atom. The van der Waals surface area contributed by atoms with Crippen molar-refractivity contribution in [2.24, 2.45) is 0 Å². The summed E-state index contributed by atoms with van der Waals surface area (Å²) in [6, 6.07) is 9.79. The van der Waals surface area contributed by atoms with Gasteiger partial charge in [0.2, 0.25) is 0 Å². The van der Waals surface area contributed by atoms with Gasteiger partial charge in [-0.3, -0.25) is 0 Å². The molecule has 0 aliphatic rings. The first-order valence-corrected chi connectivity index (χ1v) is 5.84. The van der Waals surface area contributed by atoms with Gasteiger partial charge in [-0.15, -0.1) is 0 Å². The SMILES string of the molecule is O=C(O)c1ccc(-c2ccc(C(=O)O)c(C(=O)O)c2)cc1. The number of hydrogen-bond donors (Lipinski definition) is 3. The van der Waals surface area contributed by atoms with Crippen molar-refractivity contribution in [1.29, 1.82) is 0 Å². The normalized spacial score (nSPS) is 10.1. The first-order valence-electron chi connectivity index (χ1n) is 5.84. The molecule has 0 aliphatic heterocycles. The second kappa shape index (κ2) is 5.46. The molecule has 2 aromatic rings. The summed E-state index contributed by atoms with van der Waals surface area (Å²) in [5.41, 5.74) is 0.587. The second-order valence-electron chi connectivity index (χ2n) is 4.25. The van der Waals surface area contributed by atoms with Crippen molar-refractivity contribution < 1.29 is 29.7 Å². The molecule has 6 heteroatoms. The highest BCUT2D eigenvalue weighted by atomic mass is 16.4. The molecule has 0 atom stereocenters. The number of hydrogen-bond acceptors (Lipinski definition) is 3. The van der Waals surface area contributed by atoms with Gasteiger partial charge in [0.1, 0.15) is 0 Å². The molecule has 0 heterocycles. The molecule has 0 radical (unpaired) electrons. The maximum absolute atomic E-state index is 11.1. The molecule has 0 aromatic heterocycles. The van der Waals surface area contributed by atoms with Crippen molar-refractivity contribution in [3.8, 4) is 11.1 Å². The summed E-state index contributed by atoms with van der Waals surface area (Å²) in [7, 11) is 0. The van der Waals surface area contributed by atoms with E-state index >= 15 is 0 Å². The molecule has 2 rings (SSSR count). The van der Waals surface area contributed by atoms with Gasteiger partial charge in [-0.1, -0.05) is 18.2 Å². The first-order chi connectivity index (χ1) is 9.90. The largest absolute Gasteiger partial charge is 0.478 e. The Bertz CT molecular complexity index is 730. The van der Waals surface area contributed by atoms with E-state index in [1.807, 2.05) is 0 Å². The van der Waals surface area contributed by atoms with E-state index in [0.29, 0.717) is 11.1 Å². The van der Waals surface area contributed by atoms with Crippen LogP contribution in [0.15, 0.2) is 42.5 Å². The Kier molecular flexibility index (Phi) is 3.71. The Hall–Kier alpha value is -3.15. The predicted molar refractivity (Wildman–Crippen MR) is 72.8 cm³/mol. The summed E-state index contributed by atoms with van der Waals surface area (Å²) in [5, 5.41) is 26.8. The average Bonchev–Trinajstić information content (AvgIpc) is 2.46. The van der Waals surface area contributed by atoms with Crippen molar-refractivity contribution in [3.05, 3.63) is 59.2 Å². The minimum absolute atomic E-state index is 0.111. The van der Waals surface area contributed by atoms with Crippen molar-refractivity contribution in [1.82, 2.24) is 0 Å². The van der Waals surface area contributed by atoms with Crippen LogP contribution < -0.4 is 0 Å². The Balaban J connectivity index is 2.49. The van der Waals surface area contributed by atoms with Crippen molar-refractivity contribution in [2.75, 3.05) is 0 Å². The van der Waals surface area contributed by atoms with Crippen LogP contribution in [0.5, 0.6) is 0 Å². The fourth-order valence-corrected chi connectivity index (χ4v) is 1.89. The molecule has 3 N–H and O–H groups in total. The van der Waals surface area contributed by atoms with Crippen LogP contribution in [-0.4, -0.2) is 33.2 Å². The molecule has 106 valence electrons. The molecule has 0 fully saturated rings. The topological polar surface area (TPSA) is 112 Å². The van der Waals surface area contributed by atoms with Crippen LogP contribution in [0.4, 0.5) is 0 Å². The molecule has 2 aromatic carbocycles. The summed E-state index contributed by atoms with van der Waals surface area (Å²) in [4.78, 5) is 32.8. The molecular weight excluding hydrogens is 276 g/mol. The molecular formula is C15H10O6. The van der Waals surface area contributed by atoms with Gasteiger partial charge >= 0.3 is 17.9 Å². The number of carbonyl (C=O) groups is 3. The van der Waals surface area contributed by atoms with Crippen molar-refractivity contribution in [3.63, 3.8) is 0 Å². The van der Waals surface area contributed by atoms with Gasteiger partial charge < -0.3 is 15.3 Å². The zero-order valence-electron chi connectivity index (χ0n) is 10.6. The van der Waals surface area contributed by atoms with Crippen LogP contribution in [0.25, 0.3) is 11.1 Å². The van der Waals surface area contributed by atoms with Gasteiger partial charge in [-0.05, 0) is 35.4 Å². The summed E-state index contributed by atoms with van der Waals surface area (Å²) in [6.07, 6.45) is 0. The summed E-state index contributed by atoms with van der Waals surface area (Å²) in [6.45, 7) is 0. The van der Waals surface area contributed by atoms with E-state index in [-0.39, 0.29) is 16.7 Å². The molecule has 21 heavy (non-hydrogen) atoms. The third-order valence-electron chi connectivity index (χ3n) is 2.95. The molecule has 0 saturated carbocycles. The van der Waals surface area contributed by atoms with Gasteiger partial charge in [-0.2, -0.15) is 0 Å². The predicted octanol–water partition coefficient (Wildman–Crippen LogP) is 2.45. The van der Waals surface area contributed by atoms with Crippen LogP contribution in [0.3, 0.4) is 0 Å². The van der Waals surface area contributed by atoms with E-state index in [4.69, 9.17) is 15.3 Å². The molecule has 0 bridgehead atoms. The molecule has 0 amide bonds. The van der Waals surface area contributed by atoms with Crippen LogP contribution >= 0.6 is 0 Å². The van der Waals surface area contributed by atoms with E-state index in [9.17, 15) is 14.4 Å². The smallest absolute Gasteiger partial charge is 0.336 e. The molecule has 0 unspecified atom stereocenters. The highest BCUT2D eigenvalue weighted by molar-refractivity contribution is 6.02. The molecule has 6 nitrogen and oxygen atoms in total. The number of benzene rings is 2. The highest BCUT2D eigenvalue weighted by Gasteiger charge is 2.16. The zero-order chi connectivity index (χ0) is 15.6. The highest BCUT2D eigenvalue weighted by Crippen LogP contribution is 2.23. The monoisotopic (exact) mass is 286 g/mol. The van der Waals surface area contributed by atoms with E-state index in [0.717, 1.165) is 0 Å². The molecule has 0 aliphatic carbocycles. The standard InChI is InChI=1S/C15H10O6/c16-13(17)9-3-1-8(2-4-9)10-5-6-11(14(18)19)12(7-10)15(20)21/h1-7H,(H,16,17)(H,18,19)(H,20,21). The fourth-order valence-electron chi connectivity index (χ4n) is 1.89. The molecule has 0 saturated heterocycles. The van der Waals surface area contributed by atoms with Gasteiger partial charge in [-0.25, -0.2) is 14.4 Å². The van der Waals surface area contributed by atoms with Gasteiger partial charge in [0.25, 0.3) is 0 Å². The van der Waals surface area contributed by atoms with Gasteiger partial charge in [0.05, 0.1) is 16.7 Å². The van der Waals surface area contributed by atoms with Gasteiger partial charge in [0, 0.05) is 0 Å². The lowest BCUT2D eigenvalue weighted by Gasteiger charge is -2.06. The Labute approximate surface area is 118 Å². The number of aromatic carboxylic acids is 3. The third kappa shape index (κ3) is 2.89. The second-order valence-corrected chi connectivity index (χ2v) is 4.25. The van der Waals surface area contributed by atoms with E-state index in [2.05, 4.69) is 0 Å². The first kappa shape index (κ1) is 14.3. The van der Waals surface area contributed by atoms with Crippen LogP contribution in [0.1, 0.15) is 31.1 Å². The summed E-state index contributed by atoms with van der Waals surface area (Å²) < 4.78 is 0. The Morgan fingerprint density at radius 1 is 0.619 bits per heavy atom. The summed E-state index contributed by atoms with van der Waals surface area (Å²) >= 11 is 0. The molecule has 0 spiro atoms. The lowest BCUT2D eigenvalue weighted by Crippen LogP contribution is -2.08. The van der Waals surface area contributed by atoms with E-state index < -0.39 is 17.9 Å². The quantitative estimate of drug-likeness (QED) is 0.795. The van der Waals surface area contributed by atoms with Crippen LogP contribution in [0.2, 0.25) is 0 Å². The van der Waals surface area contributed by atoms with Crippen molar-refractivity contribution >= 4 is 17.9 Å². The zero-order valence-corrected chi connectivity index (χ0v) is 10.6. The maximum atomic E-state index is 11.1. The van der Waals surface area contributed by atoms with Crippen LogP contribution in [-0.2, 0) is 0 Å². The average molecular weight is 286 g/mol. The lowest BCUT2D eigenvalue weighted by molar-refractivity contribution is 0.0651. The summed E-state index contributed by atoms with van der Waals surface area (Å²) in [5.74, 6) is -3.72. The van der Waals surface area contributed by atoms with Crippen LogP contribution in [0, 0.1) is 0 Å². The number of carboxylic acid groups (broad SMARTS) is 3. The lowest BCUT2D eigenvalue weighted by atomic mass is 9.98. The number of carboxylic acids is 3. The number of rotatable bonds is 4. The Morgan fingerprint density at radius 3 is 1.62 bits per heavy atom. The van der Waals surface area contributed by atoms with E-state index in [1.165, 1.54) is 42.5 Å². The minimum atomic E-state index is -1.34. The minimum Gasteiger partial charge on any atom is -0.478 e. The van der Waals surface area contributed by atoms with Gasteiger partial charge in [0.15, 0.2) is 0 Å².